The summed E-state index contributed by atoms with van der Waals surface area (Å²) in [5, 5.41) is 6.10. The average Bonchev–Trinajstić information content (AvgIpc) is 3.35. The second-order valence-electron chi connectivity index (χ2n) is 9.64. The zero-order valence-electron chi connectivity index (χ0n) is 18.6. The standard InChI is InChI=1S/C24H31N3O5/c1-16-6-2-3-11-24(16)21(29)27(22(30)26-24)15-20(28)25-23(9-4-5-10-23)17-7-8-18-19(14-17)32-13-12-31-18/h7-8,14,16H,2-6,9-13,15H2,1H3,(H,25,28)(H,26,30). The number of benzene rings is 1. The van der Waals surface area contributed by atoms with Crippen LogP contribution in [-0.4, -0.2) is 48.0 Å². The number of carbonyl (C=O) groups is 3. The minimum atomic E-state index is -0.851. The molecule has 0 aromatic heterocycles. The highest BCUT2D eigenvalue weighted by molar-refractivity contribution is 6.09. The van der Waals surface area contributed by atoms with Crippen molar-refractivity contribution < 1.29 is 23.9 Å². The van der Waals surface area contributed by atoms with Gasteiger partial charge in [0.1, 0.15) is 25.3 Å². The van der Waals surface area contributed by atoms with Crippen LogP contribution in [0.2, 0.25) is 0 Å². The molecular formula is C24H31N3O5. The van der Waals surface area contributed by atoms with Crippen molar-refractivity contribution in [2.24, 2.45) is 5.92 Å². The fourth-order valence-electron chi connectivity index (χ4n) is 5.89. The van der Waals surface area contributed by atoms with E-state index in [1.54, 1.807) is 0 Å². The first-order chi connectivity index (χ1) is 15.4. The summed E-state index contributed by atoms with van der Waals surface area (Å²) >= 11 is 0. The number of carbonyl (C=O) groups excluding carboxylic acids is 3. The van der Waals surface area contributed by atoms with Gasteiger partial charge in [-0.2, -0.15) is 0 Å². The molecule has 2 unspecified atom stereocenters. The van der Waals surface area contributed by atoms with Crippen LogP contribution in [-0.2, 0) is 15.1 Å². The van der Waals surface area contributed by atoms with Gasteiger partial charge >= 0.3 is 6.03 Å². The fourth-order valence-corrected chi connectivity index (χ4v) is 5.89. The second-order valence-corrected chi connectivity index (χ2v) is 9.64. The number of urea groups is 1. The molecule has 2 atom stereocenters. The molecule has 5 rings (SSSR count). The molecule has 0 radical (unpaired) electrons. The van der Waals surface area contributed by atoms with Gasteiger partial charge in [0, 0.05) is 0 Å². The highest BCUT2D eigenvalue weighted by Crippen LogP contribution is 2.43. The summed E-state index contributed by atoms with van der Waals surface area (Å²) < 4.78 is 11.4. The first kappa shape index (κ1) is 21.1. The van der Waals surface area contributed by atoms with Crippen molar-refractivity contribution in [3.63, 3.8) is 0 Å². The van der Waals surface area contributed by atoms with Crippen LogP contribution in [0, 0.1) is 5.92 Å². The predicted octanol–water partition coefficient (Wildman–Crippen LogP) is 2.84. The topological polar surface area (TPSA) is 97.0 Å². The van der Waals surface area contributed by atoms with Gasteiger partial charge in [0.2, 0.25) is 5.91 Å². The summed E-state index contributed by atoms with van der Waals surface area (Å²) in [6.45, 7) is 2.78. The summed E-state index contributed by atoms with van der Waals surface area (Å²) in [6.07, 6.45) is 7.11. The van der Waals surface area contributed by atoms with E-state index >= 15 is 0 Å². The van der Waals surface area contributed by atoms with Gasteiger partial charge < -0.3 is 20.1 Å². The molecule has 1 spiro atoms. The Hall–Kier alpha value is -2.77. The molecule has 3 fully saturated rings. The van der Waals surface area contributed by atoms with E-state index in [-0.39, 0.29) is 24.3 Å². The minimum Gasteiger partial charge on any atom is -0.486 e. The lowest BCUT2D eigenvalue weighted by molar-refractivity contribution is -0.137. The van der Waals surface area contributed by atoms with Gasteiger partial charge in [0.25, 0.3) is 5.91 Å². The molecule has 4 amide bonds. The number of hydrogen-bond acceptors (Lipinski definition) is 5. The number of nitrogens with zero attached hydrogens (tertiary/aromatic N) is 1. The molecule has 1 aromatic carbocycles. The first-order valence-electron chi connectivity index (χ1n) is 11.8. The van der Waals surface area contributed by atoms with Crippen LogP contribution in [0.4, 0.5) is 4.79 Å². The Labute approximate surface area is 188 Å². The summed E-state index contributed by atoms with van der Waals surface area (Å²) in [5.74, 6) is 0.900. The number of fused-ring (bicyclic) bond motifs is 1. The zero-order chi connectivity index (χ0) is 22.3. The van der Waals surface area contributed by atoms with E-state index in [0.29, 0.717) is 31.1 Å². The third kappa shape index (κ3) is 3.40. The molecule has 2 saturated carbocycles. The van der Waals surface area contributed by atoms with Crippen LogP contribution in [0.1, 0.15) is 63.9 Å². The summed E-state index contributed by atoms with van der Waals surface area (Å²) in [4.78, 5) is 40.1. The lowest BCUT2D eigenvalue weighted by Crippen LogP contribution is -2.54. The smallest absolute Gasteiger partial charge is 0.325 e. The van der Waals surface area contributed by atoms with Gasteiger partial charge in [-0.15, -0.1) is 0 Å². The van der Waals surface area contributed by atoms with Crippen molar-refractivity contribution >= 4 is 17.8 Å². The molecule has 2 aliphatic carbocycles. The zero-order valence-corrected chi connectivity index (χ0v) is 18.6. The lowest BCUT2D eigenvalue weighted by Gasteiger charge is -2.37. The average molecular weight is 442 g/mol. The van der Waals surface area contributed by atoms with Crippen molar-refractivity contribution in [3.05, 3.63) is 23.8 Å². The lowest BCUT2D eigenvalue weighted by atomic mass is 9.73. The summed E-state index contributed by atoms with van der Waals surface area (Å²) in [5.41, 5.74) is -0.402. The van der Waals surface area contributed by atoms with Crippen LogP contribution in [0.25, 0.3) is 0 Å². The molecule has 2 aliphatic heterocycles. The maximum Gasteiger partial charge on any atom is 0.325 e. The fraction of sp³-hybridized carbons (Fsp3) is 0.625. The van der Waals surface area contributed by atoms with Crippen LogP contribution in [0.3, 0.4) is 0 Å². The van der Waals surface area contributed by atoms with Gasteiger partial charge in [-0.1, -0.05) is 38.7 Å². The van der Waals surface area contributed by atoms with Gasteiger partial charge in [0.05, 0.1) is 5.54 Å². The van der Waals surface area contributed by atoms with E-state index in [0.717, 1.165) is 55.4 Å². The normalized spacial score (nSPS) is 28.7. The van der Waals surface area contributed by atoms with Crippen LogP contribution in [0.15, 0.2) is 18.2 Å². The molecule has 4 aliphatic rings. The number of imide groups is 1. The monoisotopic (exact) mass is 441 g/mol. The second kappa shape index (κ2) is 7.98. The summed E-state index contributed by atoms with van der Waals surface area (Å²) in [6, 6.07) is 5.36. The molecule has 2 heterocycles. The van der Waals surface area contributed by atoms with Gasteiger partial charge in [-0.3, -0.25) is 14.5 Å². The Balaban J connectivity index is 1.33. The third-order valence-electron chi connectivity index (χ3n) is 7.73. The van der Waals surface area contributed by atoms with E-state index in [4.69, 9.17) is 9.47 Å². The number of nitrogens with one attached hydrogen (secondary N) is 2. The Bertz CT molecular complexity index is 942. The SMILES string of the molecule is CC1CCCCC12NC(=O)N(CC(=O)NC1(c3ccc4c(c3)OCCO4)CCCC1)C2=O. The molecule has 1 aromatic rings. The minimum absolute atomic E-state index is 0.0691. The maximum atomic E-state index is 13.2. The maximum absolute atomic E-state index is 13.2. The largest absolute Gasteiger partial charge is 0.486 e. The molecule has 32 heavy (non-hydrogen) atoms. The van der Waals surface area contributed by atoms with E-state index in [9.17, 15) is 14.4 Å². The predicted molar refractivity (Wildman–Crippen MR) is 116 cm³/mol. The molecule has 2 N–H and O–H groups in total. The van der Waals surface area contributed by atoms with Gasteiger partial charge in [0.15, 0.2) is 11.5 Å². The number of hydrogen-bond donors (Lipinski definition) is 2. The molecule has 0 bridgehead atoms. The Morgan fingerprint density at radius 3 is 2.56 bits per heavy atom. The van der Waals surface area contributed by atoms with E-state index in [1.807, 2.05) is 25.1 Å². The van der Waals surface area contributed by atoms with E-state index in [1.165, 1.54) is 0 Å². The van der Waals surface area contributed by atoms with E-state index in [2.05, 4.69) is 10.6 Å². The Morgan fingerprint density at radius 1 is 1.09 bits per heavy atom. The quantitative estimate of drug-likeness (QED) is 0.701. The van der Waals surface area contributed by atoms with Crippen molar-refractivity contribution in [2.45, 2.75) is 69.4 Å². The molecular weight excluding hydrogens is 410 g/mol. The number of ether oxygens (including phenoxy) is 2. The van der Waals surface area contributed by atoms with Gasteiger partial charge in [-0.25, -0.2) is 4.79 Å². The first-order valence-corrected chi connectivity index (χ1v) is 11.8. The van der Waals surface area contributed by atoms with Crippen molar-refractivity contribution in [2.75, 3.05) is 19.8 Å². The van der Waals surface area contributed by atoms with Gasteiger partial charge in [-0.05, 0) is 49.3 Å². The Kier molecular flexibility index (Phi) is 5.26. The van der Waals surface area contributed by atoms with Crippen molar-refractivity contribution in [3.8, 4) is 11.5 Å². The Morgan fingerprint density at radius 2 is 1.81 bits per heavy atom. The molecule has 8 heteroatoms. The van der Waals surface area contributed by atoms with Crippen LogP contribution < -0.4 is 20.1 Å². The van der Waals surface area contributed by atoms with Crippen LogP contribution >= 0.6 is 0 Å². The summed E-state index contributed by atoms with van der Waals surface area (Å²) in [7, 11) is 0. The van der Waals surface area contributed by atoms with Crippen molar-refractivity contribution in [1.29, 1.82) is 0 Å². The molecule has 8 nitrogen and oxygen atoms in total. The highest BCUT2D eigenvalue weighted by Gasteiger charge is 2.55. The third-order valence-corrected chi connectivity index (χ3v) is 7.73. The molecule has 1 saturated heterocycles. The molecule has 172 valence electrons. The highest BCUT2D eigenvalue weighted by atomic mass is 16.6. The van der Waals surface area contributed by atoms with E-state index < -0.39 is 17.1 Å². The van der Waals surface area contributed by atoms with Crippen LogP contribution in [0.5, 0.6) is 11.5 Å². The number of rotatable bonds is 4. The van der Waals surface area contributed by atoms with Crippen molar-refractivity contribution in [1.82, 2.24) is 15.5 Å². The number of amides is 4.